The van der Waals surface area contributed by atoms with E-state index in [1.54, 1.807) is 11.8 Å². The minimum Gasteiger partial charge on any atom is -0.350 e. The summed E-state index contributed by atoms with van der Waals surface area (Å²) in [6.07, 6.45) is 0.279. The van der Waals surface area contributed by atoms with Crippen LogP contribution in [0.2, 0.25) is 0 Å². The minimum absolute atomic E-state index is 0.0481. The van der Waals surface area contributed by atoms with Crippen molar-refractivity contribution in [1.82, 2.24) is 10.2 Å². The molecule has 1 N–H and O–H groups in total. The first-order valence-electron chi connectivity index (χ1n) is 10.2. The Morgan fingerprint density at radius 3 is 2.07 bits per heavy atom. The first-order chi connectivity index (χ1) is 13.4. The number of nitrogens with one attached hydrogen (secondary N) is 1. The van der Waals surface area contributed by atoms with Gasteiger partial charge in [-0.05, 0) is 59.6 Å². The molecular weight excluding hydrogens is 360 g/mol. The van der Waals surface area contributed by atoms with Gasteiger partial charge in [0.05, 0.1) is 6.42 Å². The van der Waals surface area contributed by atoms with Crippen LogP contribution in [0.25, 0.3) is 0 Å². The molecule has 2 rings (SSSR count). The summed E-state index contributed by atoms with van der Waals surface area (Å²) in [6.45, 7) is 14.1. The van der Waals surface area contributed by atoms with Crippen LogP contribution in [0.1, 0.15) is 55.5 Å². The quantitative estimate of drug-likeness (QED) is 0.785. The minimum atomic E-state index is -0.562. The first-order valence-corrected chi connectivity index (χ1v) is 10.2. The van der Waals surface area contributed by atoms with E-state index in [9.17, 15) is 9.59 Å². The lowest BCUT2D eigenvalue weighted by Crippen LogP contribution is -2.52. The molecule has 156 valence electrons. The summed E-state index contributed by atoms with van der Waals surface area (Å²) < 4.78 is 0. The number of aryl methyl sites for hydroxylation is 3. The van der Waals surface area contributed by atoms with Crippen molar-refractivity contribution in [3.63, 3.8) is 0 Å². The average molecular weight is 395 g/mol. The second-order valence-corrected chi connectivity index (χ2v) is 9.10. The van der Waals surface area contributed by atoms with Crippen LogP contribution in [0.5, 0.6) is 0 Å². The molecule has 2 amide bonds. The van der Waals surface area contributed by atoms with Gasteiger partial charge in [-0.15, -0.1) is 0 Å². The van der Waals surface area contributed by atoms with E-state index in [1.165, 1.54) is 0 Å². The fraction of sp³-hybridized carbons (Fsp3) is 0.440. The summed E-state index contributed by atoms with van der Waals surface area (Å²) in [5, 5.41) is 3.00. The molecule has 0 spiro atoms. The molecule has 29 heavy (non-hydrogen) atoms. The van der Waals surface area contributed by atoms with E-state index >= 15 is 0 Å². The first kappa shape index (κ1) is 22.7. The fourth-order valence-electron chi connectivity index (χ4n) is 3.51. The van der Waals surface area contributed by atoms with Crippen molar-refractivity contribution in [2.24, 2.45) is 0 Å². The van der Waals surface area contributed by atoms with Gasteiger partial charge in [-0.2, -0.15) is 0 Å². The third-order valence-electron chi connectivity index (χ3n) is 4.74. The third kappa shape index (κ3) is 7.04. The van der Waals surface area contributed by atoms with Gasteiger partial charge in [-0.1, -0.05) is 59.2 Å². The molecule has 0 radical (unpaired) electrons. The Morgan fingerprint density at radius 2 is 1.52 bits per heavy atom. The number of rotatable bonds is 6. The van der Waals surface area contributed by atoms with Gasteiger partial charge >= 0.3 is 0 Å². The molecule has 0 aliphatic rings. The molecule has 0 aliphatic heterocycles. The monoisotopic (exact) mass is 394 g/mol. The zero-order valence-corrected chi connectivity index (χ0v) is 18.8. The van der Waals surface area contributed by atoms with E-state index in [-0.39, 0.29) is 23.8 Å². The summed E-state index contributed by atoms with van der Waals surface area (Å²) in [7, 11) is 0. The highest BCUT2D eigenvalue weighted by Crippen LogP contribution is 2.16. The summed E-state index contributed by atoms with van der Waals surface area (Å²) in [5.41, 5.74) is 5.06. The molecule has 2 aromatic rings. The van der Waals surface area contributed by atoms with Crippen LogP contribution in [0.3, 0.4) is 0 Å². The number of amides is 2. The second kappa shape index (κ2) is 9.25. The smallest absolute Gasteiger partial charge is 0.242 e. The van der Waals surface area contributed by atoms with Crippen LogP contribution in [0.15, 0.2) is 42.5 Å². The van der Waals surface area contributed by atoms with Crippen LogP contribution < -0.4 is 5.32 Å². The number of hydrogen-bond acceptors (Lipinski definition) is 2. The maximum absolute atomic E-state index is 13.3. The van der Waals surface area contributed by atoms with Crippen LogP contribution in [-0.4, -0.2) is 28.3 Å². The molecule has 0 unspecified atom stereocenters. The zero-order valence-electron chi connectivity index (χ0n) is 18.8. The Hall–Kier alpha value is -2.62. The van der Waals surface area contributed by atoms with Gasteiger partial charge in [-0.3, -0.25) is 9.59 Å². The molecule has 0 bridgehead atoms. The Labute approximate surface area is 175 Å². The molecule has 0 fully saturated rings. The van der Waals surface area contributed by atoms with Crippen molar-refractivity contribution in [1.29, 1.82) is 0 Å². The second-order valence-electron chi connectivity index (χ2n) is 9.10. The van der Waals surface area contributed by atoms with Crippen LogP contribution in [-0.2, 0) is 22.6 Å². The van der Waals surface area contributed by atoms with Crippen molar-refractivity contribution in [3.8, 4) is 0 Å². The van der Waals surface area contributed by atoms with E-state index < -0.39 is 6.04 Å². The lowest BCUT2D eigenvalue weighted by Gasteiger charge is -2.31. The highest BCUT2D eigenvalue weighted by Gasteiger charge is 2.28. The van der Waals surface area contributed by atoms with E-state index in [1.807, 2.05) is 71.9 Å². The van der Waals surface area contributed by atoms with Crippen molar-refractivity contribution in [2.75, 3.05) is 0 Å². The lowest BCUT2D eigenvalue weighted by atomic mass is 10.0. The van der Waals surface area contributed by atoms with Gasteiger partial charge in [0.25, 0.3) is 0 Å². The maximum atomic E-state index is 13.3. The molecule has 0 saturated heterocycles. The van der Waals surface area contributed by atoms with Gasteiger partial charge < -0.3 is 10.2 Å². The van der Waals surface area contributed by atoms with Crippen molar-refractivity contribution < 1.29 is 9.59 Å². The molecule has 4 heteroatoms. The lowest BCUT2D eigenvalue weighted by molar-refractivity contribution is -0.140. The predicted octanol–water partition coefficient (Wildman–Crippen LogP) is 4.49. The molecule has 1 atom stereocenters. The molecule has 0 heterocycles. The normalized spacial score (nSPS) is 12.4. The summed E-state index contributed by atoms with van der Waals surface area (Å²) in [5.74, 6) is -0.188. The maximum Gasteiger partial charge on any atom is 0.242 e. The Balaban J connectivity index is 2.29. The van der Waals surface area contributed by atoms with Crippen LogP contribution >= 0.6 is 0 Å². The standard InChI is InChI=1S/C25H34N2O2/c1-17-9-8-10-21(12-17)16-27(20(4)24(29)26-25(5,6)7)23(28)15-22-13-18(2)11-19(3)14-22/h8-14,20H,15-16H2,1-7H3,(H,26,29)/t20-/m1/s1. The molecule has 0 saturated carbocycles. The van der Waals surface area contributed by atoms with Crippen molar-refractivity contribution in [2.45, 2.75) is 73.0 Å². The van der Waals surface area contributed by atoms with Crippen molar-refractivity contribution in [3.05, 3.63) is 70.3 Å². The molecule has 0 aromatic heterocycles. The fourth-order valence-corrected chi connectivity index (χ4v) is 3.51. The zero-order chi connectivity index (χ0) is 21.8. The average Bonchev–Trinajstić information content (AvgIpc) is 2.56. The van der Waals surface area contributed by atoms with Gasteiger partial charge in [0.2, 0.25) is 11.8 Å². The van der Waals surface area contributed by atoms with Gasteiger partial charge in [-0.25, -0.2) is 0 Å². The Morgan fingerprint density at radius 1 is 0.931 bits per heavy atom. The summed E-state index contributed by atoms with van der Waals surface area (Å²) in [6, 6.07) is 13.7. The molecule has 4 nitrogen and oxygen atoms in total. The number of benzene rings is 2. The van der Waals surface area contributed by atoms with E-state index in [0.717, 1.165) is 27.8 Å². The van der Waals surface area contributed by atoms with Crippen molar-refractivity contribution >= 4 is 11.8 Å². The molecule has 2 aromatic carbocycles. The SMILES string of the molecule is Cc1cc(C)cc(CC(=O)N(Cc2cccc(C)c2)[C@H](C)C(=O)NC(C)(C)C)c1. The molecule has 0 aliphatic carbocycles. The van der Waals surface area contributed by atoms with Gasteiger partial charge in [0.15, 0.2) is 0 Å². The number of hydrogen-bond donors (Lipinski definition) is 1. The highest BCUT2D eigenvalue weighted by atomic mass is 16.2. The Kier molecular flexibility index (Phi) is 7.23. The van der Waals surface area contributed by atoms with E-state index in [0.29, 0.717) is 6.54 Å². The van der Waals surface area contributed by atoms with Crippen LogP contribution in [0, 0.1) is 20.8 Å². The highest BCUT2D eigenvalue weighted by molar-refractivity contribution is 5.88. The largest absolute Gasteiger partial charge is 0.350 e. The van der Waals surface area contributed by atoms with Crippen LogP contribution in [0.4, 0.5) is 0 Å². The number of carbonyl (C=O) groups excluding carboxylic acids is 2. The Bertz CT molecular complexity index is 860. The van der Waals surface area contributed by atoms with Gasteiger partial charge in [0.1, 0.15) is 6.04 Å². The number of carbonyl (C=O) groups is 2. The topological polar surface area (TPSA) is 49.4 Å². The number of nitrogens with zero attached hydrogens (tertiary/aromatic N) is 1. The summed E-state index contributed by atoms with van der Waals surface area (Å²) >= 11 is 0. The van der Waals surface area contributed by atoms with E-state index in [4.69, 9.17) is 0 Å². The third-order valence-corrected chi connectivity index (χ3v) is 4.74. The molecular formula is C25H34N2O2. The summed E-state index contributed by atoms with van der Waals surface area (Å²) in [4.78, 5) is 27.8. The van der Waals surface area contributed by atoms with Gasteiger partial charge in [0, 0.05) is 12.1 Å². The predicted molar refractivity (Wildman–Crippen MR) is 119 cm³/mol. The van der Waals surface area contributed by atoms with E-state index in [2.05, 4.69) is 17.4 Å².